The van der Waals surface area contributed by atoms with Gasteiger partial charge in [-0.15, -0.1) is 0 Å². The number of rotatable bonds is 9. The van der Waals surface area contributed by atoms with E-state index in [2.05, 4.69) is 27.4 Å². The molecule has 0 aliphatic rings. The molecule has 3 heteroatoms. The Bertz CT molecular complexity index is 337. The van der Waals surface area contributed by atoms with Gasteiger partial charge in [0.25, 0.3) is 0 Å². The number of phenols is 2. The van der Waals surface area contributed by atoms with Gasteiger partial charge >= 0.3 is 91.7 Å². The topological polar surface area (TPSA) is 40.5 Å². The van der Waals surface area contributed by atoms with Gasteiger partial charge in [-0.25, -0.2) is 0 Å². The molecule has 0 atom stereocenters. The first-order valence-corrected chi connectivity index (χ1v) is 12.1. The van der Waals surface area contributed by atoms with E-state index in [1.54, 1.807) is 30.6 Å². The van der Waals surface area contributed by atoms with Crippen LogP contribution in [0.2, 0.25) is 0 Å². The molecule has 130 valence electrons. The van der Waals surface area contributed by atoms with Crippen molar-refractivity contribution in [2.75, 3.05) is 25.2 Å². The van der Waals surface area contributed by atoms with E-state index < -0.39 is 7.26 Å². The Morgan fingerprint density at radius 2 is 1.05 bits per heavy atom. The molecule has 0 saturated heterocycles. The van der Waals surface area contributed by atoms with Crippen molar-refractivity contribution in [3.8, 4) is 11.5 Å². The minimum atomic E-state index is -0.812. The van der Waals surface area contributed by atoms with Gasteiger partial charge in [-0.05, 0) is 12.1 Å². The van der Waals surface area contributed by atoms with E-state index in [-0.39, 0.29) is 11.5 Å². The molecule has 1 aromatic rings. The van der Waals surface area contributed by atoms with Crippen molar-refractivity contribution in [2.24, 2.45) is 0 Å². The Labute approximate surface area is 138 Å². The zero-order valence-corrected chi connectivity index (χ0v) is 16.1. The monoisotopic (exact) mass is 328 g/mol. The molecule has 2 N–H and O–H groups in total. The molecule has 0 heterocycles. The smallest absolute Gasteiger partial charge is 0.157 e. The molecular weight excluding hydrogens is 291 g/mol. The standard InChI is InChI=1S/C13H31P.C6H6O2/c1-5-8-11-14(4,12-9-6-2)13-10-7-3;7-5-3-1-2-4-6(5)8/h14H,5-13H2,1-4H3;1-4,7-8H. The predicted octanol–water partition coefficient (Wildman–Crippen LogP) is 5.86. The van der Waals surface area contributed by atoms with Crippen LogP contribution in [0.3, 0.4) is 0 Å². The third-order valence-electron chi connectivity index (χ3n) is 4.28. The van der Waals surface area contributed by atoms with Gasteiger partial charge in [0.05, 0.1) is 0 Å². The minimum absolute atomic E-state index is 0.0764. The van der Waals surface area contributed by atoms with E-state index in [0.29, 0.717) is 0 Å². The van der Waals surface area contributed by atoms with Crippen molar-refractivity contribution in [3.05, 3.63) is 24.3 Å². The van der Waals surface area contributed by atoms with Crippen LogP contribution < -0.4 is 0 Å². The van der Waals surface area contributed by atoms with Crippen LogP contribution in [0.5, 0.6) is 11.5 Å². The summed E-state index contributed by atoms with van der Waals surface area (Å²) in [7, 11) is -0.812. The SMILES string of the molecule is CCCC[PH](C)(CCCC)CCCC.Oc1ccccc1O. The average molecular weight is 328 g/mol. The van der Waals surface area contributed by atoms with Crippen LogP contribution in [0, 0.1) is 0 Å². The normalized spacial score (nSPS) is 11.6. The van der Waals surface area contributed by atoms with Gasteiger partial charge in [0.2, 0.25) is 0 Å². The van der Waals surface area contributed by atoms with Gasteiger partial charge in [0, 0.05) is 0 Å². The third kappa shape index (κ3) is 10.1. The van der Waals surface area contributed by atoms with Gasteiger partial charge in [0.15, 0.2) is 11.5 Å². The molecule has 0 aliphatic carbocycles. The van der Waals surface area contributed by atoms with Crippen LogP contribution in [0.15, 0.2) is 24.3 Å². The summed E-state index contributed by atoms with van der Waals surface area (Å²) in [5, 5.41) is 17.3. The molecule has 1 rings (SSSR count). The molecule has 0 radical (unpaired) electrons. The van der Waals surface area contributed by atoms with Gasteiger partial charge < -0.3 is 10.2 Å². The number of benzene rings is 1. The van der Waals surface area contributed by atoms with Gasteiger partial charge in [-0.3, -0.25) is 0 Å². The second-order valence-electron chi connectivity index (χ2n) is 6.61. The molecule has 0 aliphatic heterocycles. The first-order valence-electron chi connectivity index (χ1n) is 8.96. The largest absolute Gasteiger partial charge is 0.504 e. The molecule has 22 heavy (non-hydrogen) atoms. The molecule has 0 amide bonds. The molecule has 0 bridgehead atoms. The van der Waals surface area contributed by atoms with E-state index in [4.69, 9.17) is 10.2 Å². The Hall–Kier alpha value is -0.750. The van der Waals surface area contributed by atoms with Crippen molar-refractivity contribution in [1.29, 1.82) is 0 Å². The van der Waals surface area contributed by atoms with Crippen molar-refractivity contribution < 1.29 is 10.2 Å². The number of unbranched alkanes of at least 4 members (excludes halogenated alkanes) is 3. The summed E-state index contributed by atoms with van der Waals surface area (Å²) in [4.78, 5) is 0. The minimum Gasteiger partial charge on any atom is -0.504 e. The molecular formula is C19H37O2P. The number of aromatic hydroxyl groups is 2. The summed E-state index contributed by atoms with van der Waals surface area (Å²) in [6.45, 7) is 9.63. The van der Waals surface area contributed by atoms with Crippen molar-refractivity contribution in [3.63, 3.8) is 0 Å². The predicted molar refractivity (Wildman–Crippen MR) is 103 cm³/mol. The zero-order valence-electron chi connectivity index (χ0n) is 15.1. The zero-order chi connectivity index (χ0) is 16.8. The van der Waals surface area contributed by atoms with Crippen molar-refractivity contribution in [1.82, 2.24) is 0 Å². The summed E-state index contributed by atoms with van der Waals surface area (Å²) >= 11 is 0. The van der Waals surface area contributed by atoms with Crippen LogP contribution in [0.4, 0.5) is 0 Å². The first kappa shape index (κ1) is 21.2. The second kappa shape index (κ2) is 12.8. The Kier molecular flexibility index (Phi) is 12.3. The Morgan fingerprint density at radius 3 is 1.27 bits per heavy atom. The van der Waals surface area contributed by atoms with E-state index in [1.165, 1.54) is 50.7 Å². The van der Waals surface area contributed by atoms with Crippen LogP contribution in [-0.2, 0) is 0 Å². The fraction of sp³-hybridized carbons (Fsp3) is 0.684. The molecule has 0 spiro atoms. The van der Waals surface area contributed by atoms with Crippen molar-refractivity contribution >= 4 is 7.26 Å². The molecule has 0 fully saturated rings. The van der Waals surface area contributed by atoms with E-state index in [0.717, 1.165) is 0 Å². The number of hydrogen-bond donors (Lipinski definition) is 2. The maximum Gasteiger partial charge on any atom is 0.157 e. The average Bonchev–Trinajstić information content (AvgIpc) is 2.53. The van der Waals surface area contributed by atoms with Crippen LogP contribution in [0.25, 0.3) is 0 Å². The number of para-hydroxylation sites is 2. The molecule has 0 saturated carbocycles. The van der Waals surface area contributed by atoms with Gasteiger partial charge in [-0.1, -0.05) is 12.1 Å². The van der Waals surface area contributed by atoms with E-state index in [1.807, 2.05) is 0 Å². The second-order valence-corrected chi connectivity index (χ2v) is 11.7. The molecule has 2 nitrogen and oxygen atoms in total. The molecule has 0 unspecified atom stereocenters. The van der Waals surface area contributed by atoms with Crippen LogP contribution in [-0.4, -0.2) is 35.4 Å². The summed E-state index contributed by atoms with van der Waals surface area (Å²) in [6.07, 6.45) is 13.4. The summed E-state index contributed by atoms with van der Waals surface area (Å²) in [5.41, 5.74) is 0. The Balaban J connectivity index is 0.000000461. The Morgan fingerprint density at radius 1 is 0.727 bits per heavy atom. The first-order chi connectivity index (χ1) is 10.5. The number of phenolic OH excluding ortho intramolecular Hbond substituents is 2. The fourth-order valence-electron chi connectivity index (χ4n) is 2.65. The number of hydrogen-bond acceptors (Lipinski definition) is 2. The van der Waals surface area contributed by atoms with Crippen molar-refractivity contribution in [2.45, 2.75) is 59.3 Å². The maximum absolute atomic E-state index is 8.67. The van der Waals surface area contributed by atoms with Crippen LogP contribution >= 0.6 is 7.26 Å². The fourth-order valence-corrected chi connectivity index (χ4v) is 7.02. The maximum atomic E-state index is 8.67. The van der Waals surface area contributed by atoms with Crippen LogP contribution in [0.1, 0.15) is 59.3 Å². The summed E-state index contributed by atoms with van der Waals surface area (Å²) in [6, 6.07) is 6.15. The van der Waals surface area contributed by atoms with Gasteiger partial charge in [0.1, 0.15) is 0 Å². The summed E-state index contributed by atoms with van der Waals surface area (Å²) < 4.78 is 0. The molecule has 1 aromatic carbocycles. The quantitative estimate of drug-likeness (QED) is 0.440. The molecule has 0 aromatic heterocycles. The van der Waals surface area contributed by atoms with E-state index in [9.17, 15) is 0 Å². The van der Waals surface area contributed by atoms with Gasteiger partial charge in [-0.2, -0.15) is 0 Å². The summed E-state index contributed by atoms with van der Waals surface area (Å²) in [5.74, 6) is -0.153. The van der Waals surface area contributed by atoms with E-state index >= 15 is 0 Å². The third-order valence-corrected chi connectivity index (χ3v) is 8.97.